The summed E-state index contributed by atoms with van der Waals surface area (Å²) in [5.74, 6) is 0.663. The predicted octanol–water partition coefficient (Wildman–Crippen LogP) is 1.75. The molecule has 0 spiro atoms. The van der Waals surface area contributed by atoms with Gasteiger partial charge in [0.15, 0.2) is 0 Å². The van der Waals surface area contributed by atoms with Gasteiger partial charge in [0.1, 0.15) is 10.9 Å². The summed E-state index contributed by atoms with van der Waals surface area (Å²) in [6.45, 7) is 0. The quantitative estimate of drug-likeness (QED) is 0.823. The van der Waals surface area contributed by atoms with Gasteiger partial charge in [-0.15, -0.1) is 23.7 Å². The van der Waals surface area contributed by atoms with E-state index in [9.17, 15) is 9.59 Å². The van der Waals surface area contributed by atoms with E-state index in [1.807, 2.05) is 24.5 Å². The van der Waals surface area contributed by atoms with Crippen LogP contribution in [0.2, 0.25) is 0 Å². The fourth-order valence-corrected chi connectivity index (χ4v) is 2.51. The monoisotopic (exact) mass is 288 g/mol. The fourth-order valence-electron chi connectivity index (χ4n) is 1.71. The highest BCUT2D eigenvalue weighted by Crippen LogP contribution is 2.21. The molecule has 0 saturated heterocycles. The van der Waals surface area contributed by atoms with Gasteiger partial charge in [0.2, 0.25) is 0 Å². The molecular weight excluding hydrogens is 276 g/mol. The maximum Gasteiger partial charge on any atom is 0.327 e. The van der Waals surface area contributed by atoms with Crippen LogP contribution in [0, 0.1) is 12.3 Å². The van der Waals surface area contributed by atoms with Crippen LogP contribution in [0.4, 0.5) is 0 Å². The summed E-state index contributed by atoms with van der Waals surface area (Å²) in [5.41, 5.74) is 0.711. The maximum absolute atomic E-state index is 12.2. The second kappa shape index (κ2) is 6.08. The van der Waals surface area contributed by atoms with E-state index >= 15 is 0 Å². The third-order valence-electron chi connectivity index (χ3n) is 2.66. The normalized spacial score (nSPS) is 11.6. The number of carboxylic acid groups (broad SMARTS) is 1. The standard InChI is InChI=1S/C14H12N2O3S/c1-2-5-10(14(18)19)15-13(17)12-11(6-9-20-12)16-7-3-4-8-16/h1,3-4,6-10H,5H2,(H,15,17)(H,18,19). The number of amides is 1. The molecule has 1 atom stereocenters. The van der Waals surface area contributed by atoms with Crippen LogP contribution < -0.4 is 5.32 Å². The number of aromatic nitrogens is 1. The zero-order chi connectivity index (χ0) is 14.5. The van der Waals surface area contributed by atoms with Crippen molar-refractivity contribution in [3.63, 3.8) is 0 Å². The highest BCUT2D eigenvalue weighted by atomic mass is 32.1. The van der Waals surface area contributed by atoms with E-state index in [1.54, 1.807) is 16.0 Å². The van der Waals surface area contributed by atoms with Crippen molar-refractivity contribution < 1.29 is 14.7 Å². The molecule has 2 N–H and O–H groups in total. The van der Waals surface area contributed by atoms with E-state index < -0.39 is 17.9 Å². The van der Waals surface area contributed by atoms with Gasteiger partial charge in [-0.3, -0.25) is 4.79 Å². The average molecular weight is 288 g/mol. The van der Waals surface area contributed by atoms with Crippen molar-refractivity contribution in [2.45, 2.75) is 12.5 Å². The van der Waals surface area contributed by atoms with Crippen LogP contribution in [0.25, 0.3) is 5.69 Å². The summed E-state index contributed by atoms with van der Waals surface area (Å²) in [7, 11) is 0. The molecule has 0 aliphatic rings. The van der Waals surface area contributed by atoms with Gasteiger partial charge in [0, 0.05) is 18.8 Å². The number of carbonyl (C=O) groups is 2. The first-order chi connectivity index (χ1) is 9.63. The molecule has 0 saturated carbocycles. The molecule has 5 nitrogen and oxygen atoms in total. The topological polar surface area (TPSA) is 71.3 Å². The third kappa shape index (κ3) is 2.90. The summed E-state index contributed by atoms with van der Waals surface area (Å²) < 4.78 is 1.79. The largest absolute Gasteiger partial charge is 0.480 e. The van der Waals surface area contributed by atoms with Crippen molar-refractivity contribution in [2.24, 2.45) is 0 Å². The van der Waals surface area contributed by atoms with Crippen LogP contribution in [0.3, 0.4) is 0 Å². The Morgan fingerprint density at radius 3 is 2.75 bits per heavy atom. The molecule has 20 heavy (non-hydrogen) atoms. The van der Waals surface area contributed by atoms with Gasteiger partial charge in [0.05, 0.1) is 5.69 Å². The average Bonchev–Trinajstić information content (AvgIpc) is 3.08. The van der Waals surface area contributed by atoms with Crippen molar-refractivity contribution >= 4 is 23.2 Å². The summed E-state index contributed by atoms with van der Waals surface area (Å²) >= 11 is 1.25. The molecule has 1 amide bonds. The van der Waals surface area contributed by atoms with Crippen molar-refractivity contribution in [1.82, 2.24) is 9.88 Å². The van der Waals surface area contributed by atoms with Crippen LogP contribution >= 0.6 is 11.3 Å². The number of nitrogens with one attached hydrogen (secondary N) is 1. The van der Waals surface area contributed by atoms with Gasteiger partial charge < -0.3 is 15.0 Å². The molecule has 0 aromatic carbocycles. The summed E-state index contributed by atoms with van der Waals surface area (Å²) in [4.78, 5) is 23.6. The first-order valence-electron chi connectivity index (χ1n) is 5.81. The lowest BCUT2D eigenvalue weighted by molar-refractivity contribution is -0.139. The number of hydrogen-bond donors (Lipinski definition) is 2. The Labute approximate surface area is 119 Å². The van der Waals surface area contributed by atoms with Gasteiger partial charge in [-0.1, -0.05) is 0 Å². The zero-order valence-electron chi connectivity index (χ0n) is 10.4. The number of rotatable bonds is 5. The molecule has 1 unspecified atom stereocenters. The van der Waals surface area contributed by atoms with Crippen LogP contribution in [0.5, 0.6) is 0 Å². The lowest BCUT2D eigenvalue weighted by Crippen LogP contribution is -2.40. The zero-order valence-corrected chi connectivity index (χ0v) is 11.3. The van der Waals surface area contributed by atoms with Crippen molar-refractivity contribution in [3.05, 3.63) is 40.8 Å². The molecule has 2 rings (SSSR count). The summed E-state index contributed by atoms with van der Waals surface area (Å²) in [5, 5.41) is 13.2. The van der Waals surface area contributed by atoms with Crippen molar-refractivity contribution in [1.29, 1.82) is 0 Å². The van der Waals surface area contributed by atoms with Gasteiger partial charge in [-0.25, -0.2) is 4.79 Å². The number of thiophene rings is 1. The van der Waals surface area contributed by atoms with Crippen LogP contribution in [-0.4, -0.2) is 27.6 Å². The van der Waals surface area contributed by atoms with E-state index in [2.05, 4.69) is 11.2 Å². The van der Waals surface area contributed by atoms with E-state index in [0.717, 1.165) is 0 Å². The van der Waals surface area contributed by atoms with Crippen LogP contribution in [0.1, 0.15) is 16.1 Å². The number of carbonyl (C=O) groups excluding carboxylic acids is 1. The molecule has 2 aromatic rings. The Kier molecular flexibility index (Phi) is 4.23. The Bertz CT molecular complexity index is 652. The third-order valence-corrected chi connectivity index (χ3v) is 3.56. The number of nitrogens with zero attached hydrogens (tertiary/aromatic N) is 1. The number of terminal acetylenes is 1. The molecule has 6 heteroatoms. The van der Waals surface area contributed by atoms with E-state index in [1.165, 1.54) is 11.3 Å². The minimum Gasteiger partial charge on any atom is -0.480 e. The Morgan fingerprint density at radius 2 is 2.15 bits per heavy atom. The molecule has 102 valence electrons. The lowest BCUT2D eigenvalue weighted by atomic mass is 10.2. The number of hydrogen-bond acceptors (Lipinski definition) is 3. The lowest BCUT2D eigenvalue weighted by Gasteiger charge is -2.12. The molecule has 0 bridgehead atoms. The highest BCUT2D eigenvalue weighted by molar-refractivity contribution is 7.12. The smallest absolute Gasteiger partial charge is 0.327 e. The minimum absolute atomic E-state index is 0.0503. The molecule has 0 aliphatic carbocycles. The fraction of sp³-hybridized carbons (Fsp3) is 0.143. The predicted molar refractivity (Wildman–Crippen MR) is 76.0 cm³/mol. The van der Waals surface area contributed by atoms with Crippen molar-refractivity contribution in [2.75, 3.05) is 0 Å². The minimum atomic E-state index is -1.14. The first-order valence-corrected chi connectivity index (χ1v) is 6.69. The SMILES string of the molecule is C#CCC(NC(=O)c1sccc1-n1cccc1)C(=O)O. The number of carboxylic acids is 1. The Balaban J connectivity index is 2.20. The summed E-state index contributed by atoms with van der Waals surface area (Å²) in [6.07, 6.45) is 8.68. The van der Waals surface area contributed by atoms with Crippen molar-refractivity contribution in [3.8, 4) is 18.0 Å². The molecular formula is C14H12N2O3S. The van der Waals surface area contributed by atoms with Crippen LogP contribution in [0.15, 0.2) is 36.0 Å². The molecule has 0 aliphatic heterocycles. The van der Waals surface area contributed by atoms with Gasteiger partial charge in [-0.2, -0.15) is 0 Å². The van der Waals surface area contributed by atoms with Gasteiger partial charge >= 0.3 is 5.97 Å². The van der Waals surface area contributed by atoms with Gasteiger partial charge in [-0.05, 0) is 23.6 Å². The Hall–Kier alpha value is -2.52. The Morgan fingerprint density at radius 1 is 1.45 bits per heavy atom. The summed E-state index contributed by atoms with van der Waals surface area (Å²) in [6, 6.07) is 4.42. The molecule has 0 radical (unpaired) electrons. The molecule has 2 heterocycles. The number of aliphatic carboxylic acids is 1. The van der Waals surface area contributed by atoms with E-state index in [0.29, 0.717) is 10.6 Å². The highest BCUT2D eigenvalue weighted by Gasteiger charge is 2.22. The second-order valence-corrected chi connectivity index (χ2v) is 4.91. The first kappa shape index (κ1) is 13.9. The molecule has 0 fully saturated rings. The second-order valence-electron chi connectivity index (χ2n) is 4.00. The molecule has 2 aromatic heterocycles. The van der Waals surface area contributed by atoms with Gasteiger partial charge in [0.25, 0.3) is 5.91 Å². The van der Waals surface area contributed by atoms with E-state index in [-0.39, 0.29) is 6.42 Å². The van der Waals surface area contributed by atoms with Crippen LogP contribution in [-0.2, 0) is 4.79 Å². The maximum atomic E-state index is 12.2. The van der Waals surface area contributed by atoms with E-state index in [4.69, 9.17) is 11.5 Å².